The molecule has 0 unspecified atom stereocenters. The van der Waals surface area contributed by atoms with Crippen LogP contribution in [0.15, 0.2) is 169 Å². The van der Waals surface area contributed by atoms with Gasteiger partial charge in [0.15, 0.2) is 11.5 Å². The van der Waals surface area contributed by atoms with E-state index in [1.165, 1.54) is 32.3 Å². The summed E-state index contributed by atoms with van der Waals surface area (Å²) in [6.07, 6.45) is 2.03. The first-order valence-corrected chi connectivity index (χ1v) is 15.7. The summed E-state index contributed by atoms with van der Waals surface area (Å²) in [7, 11) is 0. The molecule has 47 heavy (non-hydrogen) atoms. The third-order valence-electron chi connectivity index (χ3n) is 9.06. The lowest BCUT2D eigenvalue weighted by molar-refractivity contribution is 0.976. The average Bonchev–Trinajstić information content (AvgIpc) is 3.15. The van der Waals surface area contributed by atoms with Crippen LogP contribution in [0.25, 0.3) is 82.7 Å². The summed E-state index contributed by atoms with van der Waals surface area (Å²) in [6.45, 7) is 0. The van der Waals surface area contributed by atoms with Crippen molar-refractivity contribution in [1.29, 1.82) is 0 Å². The van der Waals surface area contributed by atoms with Crippen molar-refractivity contribution >= 4 is 38.0 Å². The van der Waals surface area contributed by atoms with Gasteiger partial charge in [0.2, 0.25) is 0 Å². The molecule has 4 nitrogen and oxygen atoms in total. The number of nitrogens with zero attached hydrogens (tertiary/aromatic N) is 3. The number of pyridine rings is 1. The van der Waals surface area contributed by atoms with Gasteiger partial charge in [-0.2, -0.15) is 9.97 Å². The van der Waals surface area contributed by atoms with Crippen molar-refractivity contribution in [2.75, 3.05) is 0 Å². The zero-order chi connectivity index (χ0) is 31.3. The van der Waals surface area contributed by atoms with Crippen molar-refractivity contribution < 1.29 is 0 Å². The van der Waals surface area contributed by atoms with Gasteiger partial charge in [0, 0.05) is 17.3 Å². The predicted molar refractivity (Wildman–Crippen MR) is 194 cm³/mol. The maximum absolute atomic E-state index is 13.1. The summed E-state index contributed by atoms with van der Waals surface area (Å²) in [5, 5.41) is 7.43. The molecule has 9 aromatic rings. The lowest BCUT2D eigenvalue weighted by Crippen LogP contribution is -2.16. The summed E-state index contributed by atoms with van der Waals surface area (Å²) in [6, 6.07) is 54.7. The van der Waals surface area contributed by atoms with E-state index in [1.54, 1.807) is 0 Å². The summed E-state index contributed by atoms with van der Waals surface area (Å²) in [5.41, 5.74) is 6.97. The number of rotatable bonds is 4. The molecule has 2 aromatic heterocycles. The van der Waals surface area contributed by atoms with Crippen LogP contribution >= 0.6 is 0 Å². The molecule has 0 aliphatic carbocycles. The van der Waals surface area contributed by atoms with Crippen molar-refractivity contribution in [2.45, 2.75) is 0 Å². The molecule has 0 fully saturated rings. The second-order valence-corrected chi connectivity index (χ2v) is 11.8. The van der Waals surface area contributed by atoms with E-state index in [1.807, 2.05) is 71.3 Å². The summed E-state index contributed by atoms with van der Waals surface area (Å²) in [5.74, 6) is 0.550. The molecule has 0 saturated carbocycles. The lowest BCUT2D eigenvalue weighted by atomic mass is 9.92. The molecule has 0 bridgehead atoms. The fourth-order valence-corrected chi connectivity index (χ4v) is 6.87. The van der Waals surface area contributed by atoms with E-state index in [-0.39, 0.29) is 0 Å². The minimum Gasteiger partial charge on any atom is -0.284 e. The standard InChI is InChI=1S/C43H27N3O/c47-43-44-41(46-27-33(28-12-3-1-4-13-28)26-39(42(46)45-43)29-14-5-2-6-15-29)32-17-11-16-30(24-32)31-22-23-38-36-20-8-7-18-34(36)35-19-9-10-21-37(35)40(38)25-31/h1-27H. The van der Waals surface area contributed by atoms with Crippen molar-refractivity contribution in [3.05, 3.63) is 174 Å². The number of fused-ring (bicyclic) bond motifs is 7. The topological polar surface area (TPSA) is 47.3 Å². The zero-order valence-electron chi connectivity index (χ0n) is 25.3. The second-order valence-electron chi connectivity index (χ2n) is 11.8. The molecule has 2 heterocycles. The highest BCUT2D eigenvalue weighted by atomic mass is 16.1. The number of aromatic nitrogens is 3. The van der Waals surface area contributed by atoms with Gasteiger partial charge in [0.25, 0.3) is 0 Å². The smallest absolute Gasteiger partial charge is 0.284 e. The van der Waals surface area contributed by atoms with Crippen molar-refractivity contribution in [1.82, 2.24) is 14.4 Å². The highest BCUT2D eigenvalue weighted by Crippen LogP contribution is 2.38. The maximum atomic E-state index is 13.1. The van der Waals surface area contributed by atoms with Gasteiger partial charge < -0.3 is 0 Å². The molecule has 0 spiro atoms. The first kappa shape index (κ1) is 27.0. The molecule has 9 rings (SSSR count). The normalized spacial score (nSPS) is 11.5. The molecule has 7 aromatic carbocycles. The Morgan fingerprint density at radius 1 is 0.383 bits per heavy atom. The Morgan fingerprint density at radius 3 is 1.60 bits per heavy atom. The van der Waals surface area contributed by atoms with Gasteiger partial charge in [-0.15, -0.1) is 0 Å². The maximum Gasteiger partial charge on any atom is 0.371 e. The predicted octanol–water partition coefficient (Wildman–Crippen LogP) is 10.2. The molecule has 0 saturated heterocycles. The molecule has 0 aliphatic heterocycles. The van der Waals surface area contributed by atoms with Crippen molar-refractivity contribution in [2.24, 2.45) is 0 Å². The lowest BCUT2D eigenvalue weighted by Gasteiger charge is -2.15. The summed E-state index contributed by atoms with van der Waals surface area (Å²) < 4.78 is 1.96. The van der Waals surface area contributed by atoms with E-state index >= 15 is 0 Å². The van der Waals surface area contributed by atoms with E-state index in [2.05, 4.69) is 107 Å². The van der Waals surface area contributed by atoms with Gasteiger partial charge in [0.05, 0.1) is 0 Å². The Morgan fingerprint density at radius 2 is 0.915 bits per heavy atom. The van der Waals surface area contributed by atoms with Crippen LogP contribution in [0.2, 0.25) is 0 Å². The van der Waals surface area contributed by atoms with Crippen molar-refractivity contribution in [3.63, 3.8) is 0 Å². The molecule has 4 heteroatoms. The molecular weight excluding hydrogens is 574 g/mol. The van der Waals surface area contributed by atoms with E-state index in [0.29, 0.717) is 11.5 Å². The molecule has 220 valence electrons. The van der Waals surface area contributed by atoms with E-state index in [9.17, 15) is 4.79 Å². The van der Waals surface area contributed by atoms with Crippen LogP contribution in [0.3, 0.4) is 0 Å². The minimum absolute atomic E-state index is 0.515. The van der Waals surface area contributed by atoms with Crippen LogP contribution in [0, 0.1) is 0 Å². The average molecular weight is 602 g/mol. The van der Waals surface area contributed by atoms with E-state index < -0.39 is 5.69 Å². The fraction of sp³-hybridized carbons (Fsp3) is 0. The molecule has 0 N–H and O–H groups in total. The quantitative estimate of drug-likeness (QED) is 0.189. The fourth-order valence-electron chi connectivity index (χ4n) is 6.87. The first-order valence-electron chi connectivity index (χ1n) is 15.7. The van der Waals surface area contributed by atoms with Gasteiger partial charge in [-0.25, -0.2) is 4.79 Å². The zero-order valence-corrected chi connectivity index (χ0v) is 25.3. The van der Waals surface area contributed by atoms with Crippen LogP contribution in [-0.4, -0.2) is 14.4 Å². The van der Waals surface area contributed by atoms with Crippen LogP contribution in [0.4, 0.5) is 0 Å². The first-order chi connectivity index (χ1) is 23.2. The molecule has 0 radical (unpaired) electrons. The van der Waals surface area contributed by atoms with Crippen LogP contribution in [0.5, 0.6) is 0 Å². The van der Waals surface area contributed by atoms with E-state index in [0.717, 1.165) is 38.9 Å². The summed E-state index contributed by atoms with van der Waals surface area (Å²) in [4.78, 5) is 22.0. The Hall–Kier alpha value is -6.39. The molecule has 0 atom stereocenters. The Labute approximate surface area is 270 Å². The van der Waals surface area contributed by atoms with Gasteiger partial charge >= 0.3 is 5.69 Å². The monoisotopic (exact) mass is 601 g/mol. The highest BCUT2D eigenvalue weighted by molar-refractivity contribution is 6.25. The number of hydrogen-bond acceptors (Lipinski definition) is 3. The van der Waals surface area contributed by atoms with Crippen LogP contribution in [0.1, 0.15) is 0 Å². The molecule has 0 amide bonds. The summed E-state index contributed by atoms with van der Waals surface area (Å²) >= 11 is 0. The minimum atomic E-state index is -0.515. The Kier molecular flexibility index (Phi) is 6.25. The van der Waals surface area contributed by atoms with E-state index in [4.69, 9.17) is 0 Å². The van der Waals surface area contributed by atoms with Gasteiger partial charge in [-0.3, -0.25) is 4.40 Å². The van der Waals surface area contributed by atoms with Crippen LogP contribution < -0.4 is 5.69 Å². The third kappa shape index (κ3) is 4.58. The van der Waals surface area contributed by atoms with Crippen LogP contribution in [-0.2, 0) is 0 Å². The number of benzene rings is 7. The highest BCUT2D eigenvalue weighted by Gasteiger charge is 2.16. The van der Waals surface area contributed by atoms with Crippen molar-refractivity contribution in [3.8, 4) is 44.8 Å². The second kappa shape index (κ2) is 10.9. The van der Waals surface area contributed by atoms with Gasteiger partial charge in [-0.05, 0) is 78.3 Å². The van der Waals surface area contributed by atoms with Gasteiger partial charge in [-0.1, -0.05) is 140 Å². The Bertz CT molecular complexity index is 2660. The number of hydrogen-bond donors (Lipinski definition) is 0. The molecule has 0 aliphatic rings. The third-order valence-corrected chi connectivity index (χ3v) is 9.06. The largest absolute Gasteiger partial charge is 0.371 e. The SMILES string of the molecule is O=c1nc(-c2cccc(-c3ccc4c5ccccc5c5ccccc5c4c3)c2)n2cc(-c3ccccc3)cc(-c3ccccc3)c2n1. The van der Waals surface area contributed by atoms with Gasteiger partial charge in [0.1, 0.15) is 0 Å². The Balaban J connectivity index is 1.26. The molecular formula is C43H27N3O.